The van der Waals surface area contributed by atoms with E-state index in [1.165, 1.54) is 21.0 Å². The van der Waals surface area contributed by atoms with Gasteiger partial charge in [-0.1, -0.05) is 11.8 Å². The number of phosphoric acid groups is 1. The summed E-state index contributed by atoms with van der Waals surface area (Å²) in [4.78, 5) is 0. The highest BCUT2D eigenvalue weighted by molar-refractivity contribution is 7.48. The Morgan fingerprint density at radius 1 is 1.08 bits per heavy atom. The van der Waals surface area contributed by atoms with E-state index >= 15 is 0 Å². The van der Waals surface area contributed by atoms with Crippen molar-refractivity contribution in [3.63, 3.8) is 0 Å². The second-order valence-electron chi connectivity index (χ2n) is 1.52. The fraction of sp³-hybridized carbons (Fsp3) is 0.429. The Morgan fingerprint density at radius 2 is 1.50 bits per heavy atom. The van der Waals surface area contributed by atoms with Crippen LogP contribution in [0.2, 0.25) is 0 Å². The summed E-state index contributed by atoms with van der Waals surface area (Å²) in [6.45, 7) is 3.07. The van der Waals surface area contributed by atoms with Crippen LogP contribution < -0.4 is 0 Å². The van der Waals surface area contributed by atoms with Crippen LogP contribution in [0.5, 0.6) is 0 Å². The maximum Gasteiger partial charge on any atom is 0.604 e. The summed E-state index contributed by atoms with van der Waals surface area (Å²) >= 11 is 0. The van der Waals surface area contributed by atoms with Crippen LogP contribution in [-0.2, 0) is 18.1 Å². The maximum absolute atomic E-state index is 11.2. The van der Waals surface area contributed by atoms with Crippen LogP contribution in [0.3, 0.4) is 0 Å². The van der Waals surface area contributed by atoms with Crippen molar-refractivity contribution in [1.29, 1.82) is 0 Å². The number of hydrogen-bond donors (Lipinski definition) is 0. The Balaban J connectivity index is 4.27. The van der Waals surface area contributed by atoms with Gasteiger partial charge in [0.25, 0.3) is 0 Å². The monoisotopic (exact) mass is 188 g/mol. The third kappa shape index (κ3) is 3.93. The predicted molar refractivity (Wildman–Crippen MR) is 43.7 cm³/mol. The van der Waals surface area contributed by atoms with Gasteiger partial charge in [-0.3, -0.25) is 4.52 Å². The van der Waals surface area contributed by atoms with E-state index in [9.17, 15) is 4.57 Å². The van der Waals surface area contributed by atoms with E-state index in [0.29, 0.717) is 0 Å². The summed E-state index contributed by atoms with van der Waals surface area (Å²) in [5, 5.41) is 0. The minimum Gasteiger partial charge on any atom is -0.341 e. The van der Waals surface area contributed by atoms with Crippen LogP contribution in [0.25, 0.3) is 0 Å². The quantitative estimate of drug-likeness (QED) is 0.499. The maximum atomic E-state index is 11.2. The number of rotatable bonds is 3. The molecule has 0 N–H and O–H groups in total. The van der Waals surface area contributed by atoms with E-state index in [4.69, 9.17) is 0 Å². The highest BCUT2D eigenvalue weighted by atomic mass is 31.2. The minimum absolute atomic E-state index is 1.19. The fourth-order valence-electron chi connectivity index (χ4n) is 0.296. The largest absolute Gasteiger partial charge is 0.604 e. The molecule has 66 valence electrons. The Morgan fingerprint density at radius 3 is 1.75 bits per heavy atom. The lowest BCUT2D eigenvalue weighted by Gasteiger charge is -2.06. The SMILES string of the molecule is CC#COP(=O)(OC)OC#CC. The fourth-order valence-corrected chi connectivity index (χ4v) is 0.889. The molecule has 4 nitrogen and oxygen atoms in total. The molecule has 0 saturated carbocycles. The number of phosphoric ester groups is 1. The van der Waals surface area contributed by atoms with E-state index in [1.807, 2.05) is 0 Å². The minimum atomic E-state index is -3.58. The zero-order valence-corrected chi connectivity index (χ0v) is 7.97. The molecule has 0 bridgehead atoms. The first kappa shape index (κ1) is 10.9. The zero-order valence-electron chi connectivity index (χ0n) is 7.08. The summed E-state index contributed by atoms with van der Waals surface area (Å²) in [5.41, 5.74) is 0. The summed E-state index contributed by atoms with van der Waals surface area (Å²) < 4.78 is 24.6. The summed E-state index contributed by atoms with van der Waals surface area (Å²) in [7, 11) is -2.39. The van der Waals surface area contributed by atoms with E-state index < -0.39 is 7.82 Å². The number of hydrogen-bond acceptors (Lipinski definition) is 4. The molecule has 0 fully saturated rings. The first-order valence-electron chi connectivity index (χ1n) is 3.05. The molecule has 0 rings (SSSR count). The molecule has 0 spiro atoms. The van der Waals surface area contributed by atoms with Gasteiger partial charge >= 0.3 is 7.82 Å². The van der Waals surface area contributed by atoms with E-state index in [-0.39, 0.29) is 0 Å². The first-order chi connectivity index (χ1) is 5.68. The summed E-state index contributed by atoms with van der Waals surface area (Å²) in [6.07, 6.45) is 4.24. The van der Waals surface area contributed by atoms with Crippen molar-refractivity contribution in [2.75, 3.05) is 7.11 Å². The van der Waals surface area contributed by atoms with Gasteiger partial charge in [0.05, 0.1) is 0 Å². The van der Waals surface area contributed by atoms with Crippen molar-refractivity contribution >= 4 is 7.82 Å². The second-order valence-corrected chi connectivity index (χ2v) is 3.14. The van der Waals surface area contributed by atoms with Crippen molar-refractivity contribution in [2.45, 2.75) is 13.8 Å². The zero-order chi connectivity index (χ0) is 9.45. The molecule has 0 saturated heterocycles. The standard InChI is InChI=1S/C7H9O4P/c1-4-6-10-12(8,9-3)11-7-5-2/h1-3H3. The van der Waals surface area contributed by atoms with Gasteiger partial charge in [0, 0.05) is 21.0 Å². The molecule has 0 radical (unpaired) electrons. The van der Waals surface area contributed by atoms with Gasteiger partial charge in [-0.25, -0.2) is 4.57 Å². The van der Waals surface area contributed by atoms with Crippen LogP contribution in [0.4, 0.5) is 0 Å². The average molecular weight is 188 g/mol. The molecule has 0 aliphatic carbocycles. The van der Waals surface area contributed by atoms with Crippen molar-refractivity contribution in [2.24, 2.45) is 0 Å². The molecule has 0 heterocycles. The molecule has 0 aliphatic heterocycles. The van der Waals surface area contributed by atoms with Crippen molar-refractivity contribution in [3.05, 3.63) is 0 Å². The molecule has 5 heteroatoms. The van der Waals surface area contributed by atoms with Crippen molar-refractivity contribution < 1.29 is 18.1 Å². The summed E-state index contributed by atoms with van der Waals surface area (Å²) in [5.74, 6) is 4.76. The molecule has 0 unspecified atom stereocenters. The van der Waals surface area contributed by atoms with Crippen LogP contribution in [0.15, 0.2) is 0 Å². The third-order valence-electron chi connectivity index (χ3n) is 0.743. The molecule has 0 aromatic carbocycles. The molecule has 12 heavy (non-hydrogen) atoms. The molecule has 0 aliphatic rings. The third-order valence-corrected chi connectivity index (χ3v) is 1.82. The van der Waals surface area contributed by atoms with Crippen LogP contribution >= 0.6 is 7.82 Å². The van der Waals surface area contributed by atoms with Gasteiger partial charge in [0.1, 0.15) is 12.2 Å². The molecule has 0 atom stereocenters. The highest BCUT2D eigenvalue weighted by Gasteiger charge is 2.26. The lowest BCUT2D eigenvalue weighted by atomic mass is 10.8. The van der Waals surface area contributed by atoms with E-state index in [0.717, 1.165) is 0 Å². The molecular formula is C7H9O4P. The van der Waals surface area contributed by atoms with E-state index in [1.54, 1.807) is 0 Å². The lowest BCUT2D eigenvalue weighted by molar-refractivity contribution is 0.227. The average Bonchev–Trinajstić information content (AvgIpc) is 2.11. The molecule has 0 amide bonds. The van der Waals surface area contributed by atoms with Gasteiger partial charge in [-0.05, 0) is 0 Å². The van der Waals surface area contributed by atoms with Crippen LogP contribution in [0, 0.1) is 24.1 Å². The van der Waals surface area contributed by atoms with Gasteiger partial charge in [0.15, 0.2) is 0 Å². The second kappa shape index (κ2) is 5.55. The highest BCUT2D eigenvalue weighted by Crippen LogP contribution is 2.47. The van der Waals surface area contributed by atoms with Crippen LogP contribution in [-0.4, -0.2) is 7.11 Å². The molecule has 0 aromatic heterocycles. The van der Waals surface area contributed by atoms with Gasteiger partial charge in [0.2, 0.25) is 0 Å². The molecular weight excluding hydrogens is 179 g/mol. The predicted octanol–water partition coefficient (Wildman–Crippen LogP) is 1.74. The Hall–Kier alpha value is -1.09. The first-order valence-corrected chi connectivity index (χ1v) is 4.51. The normalized spacial score (nSPS) is 8.58. The molecule has 0 aromatic rings. The van der Waals surface area contributed by atoms with Gasteiger partial charge < -0.3 is 9.05 Å². The summed E-state index contributed by atoms with van der Waals surface area (Å²) in [6, 6.07) is 0. The smallest absolute Gasteiger partial charge is 0.341 e. The Labute approximate surface area is 71.8 Å². The van der Waals surface area contributed by atoms with Crippen molar-refractivity contribution in [1.82, 2.24) is 0 Å². The van der Waals surface area contributed by atoms with Crippen molar-refractivity contribution in [3.8, 4) is 24.1 Å². The topological polar surface area (TPSA) is 44.8 Å². The lowest BCUT2D eigenvalue weighted by Crippen LogP contribution is -1.89. The van der Waals surface area contributed by atoms with E-state index in [2.05, 4.69) is 37.6 Å². The van der Waals surface area contributed by atoms with Gasteiger partial charge in [-0.2, -0.15) is 0 Å². The Bertz CT molecular complexity index is 262. The van der Waals surface area contributed by atoms with Gasteiger partial charge in [-0.15, -0.1) is 0 Å². The Kier molecular flexibility index (Phi) is 5.04. The van der Waals surface area contributed by atoms with Crippen LogP contribution in [0.1, 0.15) is 13.8 Å².